The molecule has 0 atom stereocenters. The van der Waals surface area contributed by atoms with Gasteiger partial charge in [0, 0.05) is 17.6 Å². The highest BCUT2D eigenvalue weighted by atomic mass is 32.2. The molecule has 0 saturated carbocycles. The van der Waals surface area contributed by atoms with Gasteiger partial charge in [-0.25, -0.2) is 0 Å². The molecular formula is C16H18N2OS. The average molecular weight is 286 g/mol. The maximum Gasteiger partial charge on any atom is 0.243 e. The van der Waals surface area contributed by atoms with E-state index in [0.717, 1.165) is 16.3 Å². The van der Waals surface area contributed by atoms with Gasteiger partial charge in [-0.05, 0) is 30.5 Å². The van der Waals surface area contributed by atoms with Crippen LogP contribution in [0.3, 0.4) is 0 Å². The summed E-state index contributed by atoms with van der Waals surface area (Å²) >= 11 is 1.62. The van der Waals surface area contributed by atoms with Gasteiger partial charge in [-0.1, -0.05) is 30.3 Å². The lowest BCUT2D eigenvalue weighted by molar-refractivity contribution is -0.114. The number of hydrogen-bond donors (Lipinski definition) is 1. The zero-order valence-electron chi connectivity index (χ0n) is 11.7. The summed E-state index contributed by atoms with van der Waals surface area (Å²) in [6.07, 6.45) is 2.00. The van der Waals surface area contributed by atoms with E-state index in [9.17, 15) is 4.79 Å². The zero-order valence-corrected chi connectivity index (χ0v) is 12.5. The van der Waals surface area contributed by atoms with Crippen molar-refractivity contribution in [2.75, 3.05) is 30.1 Å². The normalized spacial score (nSPS) is 10.1. The largest absolute Gasteiger partial charge is 0.365 e. The molecule has 3 nitrogen and oxygen atoms in total. The van der Waals surface area contributed by atoms with Crippen LogP contribution in [0.5, 0.6) is 0 Å². The maximum absolute atomic E-state index is 12.1. The number of nitrogens with zero attached hydrogens (tertiary/aromatic N) is 1. The van der Waals surface area contributed by atoms with Gasteiger partial charge < -0.3 is 10.2 Å². The minimum atomic E-state index is -0.0159. The van der Waals surface area contributed by atoms with Crippen molar-refractivity contribution in [3.8, 4) is 0 Å². The number of carbonyl (C=O) groups is 1. The number of likely N-dealkylation sites (N-methyl/N-ethyl adjacent to an activating group) is 1. The van der Waals surface area contributed by atoms with E-state index in [4.69, 9.17) is 0 Å². The van der Waals surface area contributed by atoms with Crippen LogP contribution < -0.4 is 10.2 Å². The Kier molecular flexibility index (Phi) is 5.07. The van der Waals surface area contributed by atoms with Gasteiger partial charge >= 0.3 is 0 Å². The van der Waals surface area contributed by atoms with E-state index in [2.05, 4.69) is 5.32 Å². The molecule has 0 aromatic heterocycles. The second kappa shape index (κ2) is 7.01. The van der Waals surface area contributed by atoms with E-state index < -0.39 is 0 Å². The molecule has 0 saturated heterocycles. The monoisotopic (exact) mass is 286 g/mol. The van der Waals surface area contributed by atoms with Gasteiger partial charge in [-0.3, -0.25) is 4.79 Å². The lowest BCUT2D eigenvalue weighted by Crippen LogP contribution is -2.30. The molecule has 0 radical (unpaired) electrons. The summed E-state index contributed by atoms with van der Waals surface area (Å²) in [4.78, 5) is 15.1. The third-order valence-electron chi connectivity index (χ3n) is 2.96. The van der Waals surface area contributed by atoms with Gasteiger partial charge in [0.05, 0.1) is 12.2 Å². The van der Waals surface area contributed by atoms with E-state index in [1.54, 1.807) is 11.8 Å². The minimum Gasteiger partial charge on any atom is -0.365 e. The second-order valence-electron chi connectivity index (χ2n) is 4.44. The fourth-order valence-corrected chi connectivity index (χ4v) is 2.48. The van der Waals surface area contributed by atoms with Crippen LogP contribution in [-0.4, -0.2) is 25.8 Å². The van der Waals surface area contributed by atoms with Crippen LogP contribution in [0.25, 0.3) is 0 Å². The standard InChI is InChI=1S/C16H18N2OS/c1-18(13-8-4-3-5-9-13)12-16(19)17-14-10-6-7-11-15(14)20-2/h3-11H,12H2,1-2H3,(H,17,19). The smallest absolute Gasteiger partial charge is 0.243 e. The highest BCUT2D eigenvalue weighted by Gasteiger charge is 2.09. The second-order valence-corrected chi connectivity index (χ2v) is 5.29. The van der Waals surface area contributed by atoms with Crippen LogP contribution in [-0.2, 0) is 4.79 Å². The summed E-state index contributed by atoms with van der Waals surface area (Å²) in [6, 6.07) is 17.7. The van der Waals surface area contributed by atoms with Crippen molar-refractivity contribution < 1.29 is 4.79 Å². The number of para-hydroxylation sites is 2. The Balaban J connectivity index is 1.99. The fraction of sp³-hybridized carbons (Fsp3) is 0.188. The van der Waals surface area contributed by atoms with Crippen LogP contribution in [0.4, 0.5) is 11.4 Å². The predicted molar refractivity (Wildman–Crippen MR) is 86.6 cm³/mol. The third-order valence-corrected chi connectivity index (χ3v) is 3.75. The van der Waals surface area contributed by atoms with Crippen molar-refractivity contribution in [2.45, 2.75) is 4.90 Å². The molecule has 1 N–H and O–H groups in total. The number of amides is 1. The van der Waals surface area contributed by atoms with Crippen molar-refractivity contribution in [2.24, 2.45) is 0 Å². The average Bonchev–Trinajstić information content (AvgIpc) is 2.48. The lowest BCUT2D eigenvalue weighted by Gasteiger charge is -2.19. The third kappa shape index (κ3) is 3.78. The molecule has 0 aliphatic carbocycles. The quantitative estimate of drug-likeness (QED) is 0.854. The van der Waals surface area contributed by atoms with E-state index in [-0.39, 0.29) is 5.91 Å². The van der Waals surface area contributed by atoms with Crippen LogP contribution in [0, 0.1) is 0 Å². The number of carbonyl (C=O) groups excluding carboxylic acids is 1. The molecule has 104 valence electrons. The first-order valence-electron chi connectivity index (χ1n) is 6.40. The summed E-state index contributed by atoms with van der Waals surface area (Å²) in [5.41, 5.74) is 1.90. The fourth-order valence-electron chi connectivity index (χ4n) is 1.93. The van der Waals surface area contributed by atoms with Crippen LogP contribution in [0.2, 0.25) is 0 Å². The molecule has 20 heavy (non-hydrogen) atoms. The highest BCUT2D eigenvalue weighted by Crippen LogP contribution is 2.24. The Labute approximate surface area is 124 Å². The molecule has 1 amide bonds. The van der Waals surface area contributed by atoms with Gasteiger partial charge in [0.15, 0.2) is 0 Å². The summed E-state index contributed by atoms with van der Waals surface area (Å²) in [5, 5.41) is 2.96. The number of hydrogen-bond acceptors (Lipinski definition) is 3. The Morgan fingerprint density at radius 3 is 2.45 bits per heavy atom. The van der Waals surface area contributed by atoms with Crippen molar-refractivity contribution in [3.05, 3.63) is 54.6 Å². The van der Waals surface area contributed by atoms with Crippen LogP contribution >= 0.6 is 11.8 Å². The number of nitrogens with one attached hydrogen (secondary N) is 1. The van der Waals surface area contributed by atoms with Gasteiger partial charge in [0.25, 0.3) is 0 Å². The number of rotatable bonds is 5. The van der Waals surface area contributed by atoms with E-state index in [1.807, 2.05) is 72.8 Å². The molecular weight excluding hydrogens is 268 g/mol. The molecule has 4 heteroatoms. The number of thioether (sulfide) groups is 1. The molecule has 0 aliphatic rings. The van der Waals surface area contributed by atoms with E-state index in [1.165, 1.54) is 0 Å². The van der Waals surface area contributed by atoms with Crippen LogP contribution in [0.1, 0.15) is 0 Å². The van der Waals surface area contributed by atoms with Crippen molar-refractivity contribution in [1.82, 2.24) is 0 Å². The SMILES string of the molecule is CSc1ccccc1NC(=O)CN(C)c1ccccc1. The van der Waals surface area contributed by atoms with Crippen LogP contribution in [0.15, 0.2) is 59.5 Å². The molecule has 0 spiro atoms. The number of benzene rings is 2. The molecule has 2 aromatic rings. The first-order valence-corrected chi connectivity index (χ1v) is 7.62. The summed E-state index contributed by atoms with van der Waals surface area (Å²) in [6.45, 7) is 0.326. The van der Waals surface area contributed by atoms with Gasteiger partial charge in [-0.2, -0.15) is 0 Å². The summed E-state index contributed by atoms with van der Waals surface area (Å²) < 4.78 is 0. The molecule has 0 fully saturated rings. The minimum absolute atomic E-state index is 0.0159. The lowest BCUT2D eigenvalue weighted by atomic mass is 10.3. The summed E-state index contributed by atoms with van der Waals surface area (Å²) in [5.74, 6) is -0.0159. The Morgan fingerprint density at radius 1 is 1.10 bits per heavy atom. The molecule has 0 bridgehead atoms. The molecule has 2 aromatic carbocycles. The van der Waals surface area contributed by atoms with Gasteiger partial charge in [0.1, 0.15) is 0 Å². The van der Waals surface area contributed by atoms with E-state index in [0.29, 0.717) is 6.54 Å². The molecule has 0 aliphatic heterocycles. The van der Waals surface area contributed by atoms with Crippen molar-refractivity contribution >= 4 is 29.0 Å². The Morgan fingerprint density at radius 2 is 1.75 bits per heavy atom. The maximum atomic E-state index is 12.1. The topological polar surface area (TPSA) is 32.3 Å². The zero-order chi connectivity index (χ0) is 14.4. The van der Waals surface area contributed by atoms with Crippen molar-refractivity contribution in [3.63, 3.8) is 0 Å². The number of anilines is 2. The molecule has 2 rings (SSSR count). The highest BCUT2D eigenvalue weighted by molar-refractivity contribution is 7.98. The first-order chi connectivity index (χ1) is 9.70. The van der Waals surface area contributed by atoms with Crippen molar-refractivity contribution in [1.29, 1.82) is 0 Å². The predicted octanol–water partition coefficient (Wildman–Crippen LogP) is 3.48. The Bertz CT molecular complexity index is 572. The first kappa shape index (κ1) is 14.5. The van der Waals surface area contributed by atoms with E-state index >= 15 is 0 Å². The summed E-state index contributed by atoms with van der Waals surface area (Å²) in [7, 11) is 1.91. The molecule has 0 heterocycles. The molecule has 0 unspecified atom stereocenters. The van der Waals surface area contributed by atoms with Gasteiger partial charge in [0.2, 0.25) is 5.91 Å². The Hall–Kier alpha value is -1.94. The van der Waals surface area contributed by atoms with Gasteiger partial charge in [-0.15, -0.1) is 11.8 Å².